The minimum atomic E-state index is -1.17. The lowest BCUT2D eigenvalue weighted by Gasteiger charge is -2.26. The molecule has 0 heterocycles. The van der Waals surface area contributed by atoms with E-state index < -0.39 is 35.5 Å². The quantitative estimate of drug-likeness (QED) is 0.175. The Kier molecular flexibility index (Phi) is 10.0. The van der Waals surface area contributed by atoms with Crippen LogP contribution in [0, 0.1) is 10.8 Å². The lowest BCUT2D eigenvalue weighted by atomic mass is 9.91. The first-order valence-corrected chi connectivity index (χ1v) is 11.1. The molecule has 1 aromatic rings. The Morgan fingerprint density at radius 3 is 2.47 bits per heavy atom. The molecule has 188 valence electrons. The zero-order valence-electron chi connectivity index (χ0n) is 19.6. The van der Waals surface area contributed by atoms with Gasteiger partial charge in [-0.3, -0.25) is 4.79 Å². The summed E-state index contributed by atoms with van der Waals surface area (Å²) in [5, 5.41) is 10.2. The number of ether oxygens (including phenoxy) is 3. The van der Waals surface area contributed by atoms with Gasteiger partial charge in [0, 0.05) is 26.6 Å². The smallest absolute Gasteiger partial charge is 0.424 e. The third kappa shape index (κ3) is 7.30. The van der Waals surface area contributed by atoms with Gasteiger partial charge in [0.05, 0.1) is 12.0 Å². The Hall–Kier alpha value is -3.41. The summed E-state index contributed by atoms with van der Waals surface area (Å²) in [4.78, 5) is 53.2. The van der Waals surface area contributed by atoms with E-state index in [0.29, 0.717) is 19.5 Å². The van der Waals surface area contributed by atoms with Gasteiger partial charge in [-0.1, -0.05) is 30.3 Å². The Bertz CT molecular complexity index is 847. The van der Waals surface area contributed by atoms with E-state index in [1.165, 1.54) is 6.92 Å². The number of likely N-dealkylation sites (N-methyl/N-ethyl adjacent to an activating group) is 1. The molecule has 0 bridgehead atoms. The van der Waals surface area contributed by atoms with Gasteiger partial charge in [-0.2, -0.15) is 4.84 Å². The van der Waals surface area contributed by atoms with Crippen LogP contribution >= 0.6 is 0 Å². The van der Waals surface area contributed by atoms with Crippen molar-refractivity contribution in [2.45, 2.75) is 38.9 Å². The summed E-state index contributed by atoms with van der Waals surface area (Å²) in [6.45, 7) is 5.81. The molecule has 0 spiro atoms. The molecule has 0 radical (unpaired) electrons. The minimum Gasteiger partial charge on any atom is -0.424 e. The number of nitrogens with one attached hydrogen (secondary N) is 1. The highest BCUT2D eigenvalue weighted by molar-refractivity contribution is 5.92. The van der Waals surface area contributed by atoms with Crippen LogP contribution in [0.1, 0.15) is 32.8 Å². The molecule has 0 aliphatic heterocycles. The van der Waals surface area contributed by atoms with Crippen molar-refractivity contribution in [3.63, 3.8) is 0 Å². The van der Waals surface area contributed by atoms with E-state index in [0.717, 1.165) is 5.56 Å². The van der Waals surface area contributed by atoms with Gasteiger partial charge >= 0.3 is 17.1 Å². The number of nitrogens with zero attached hydrogens (tertiary/aromatic N) is 2. The molecule has 1 aromatic carbocycles. The maximum Gasteiger partial charge on any atom is 0.475 e. The zero-order chi connectivity index (χ0) is 25.1. The predicted octanol–water partition coefficient (Wildman–Crippen LogP) is 1.54. The molecule has 2 N–H and O–H groups in total. The second-order valence-corrected chi connectivity index (χ2v) is 7.68. The highest BCUT2D eigenvalue weighted by Gasteiger charge is 2.61. The summed E-state index contributed by atoms with van der Waals surface area (Å²) in [6, 6.07) is 9.53. The van der Waals surface area contributed by atoms with Gasteiger partial charge in [-0.25, -0.2) is 14.8 Å². The fourth-order valence-electron chi connectivity index (χ4n) is 3.82. The van der Waals surface area contributed by atoms with E-state index in [1.807, 2.05) is 44.2 Å². The first-order valence-electron chi connectivity index (χ1n) is 11.1. The van der Waals surface area contributed by atoms with Gasteiger partial charge in [-0.15, -0.1) is 0 Å². The van der Waals surface area contributed by atoms with Crippen molar-refractivity contribution in [2.75, 3.05) is 39.5 Å². The summed E-state index contributed by atoms with van der Waals surface area (Å²) in [6.07, 6.45) is -1.34. The monoisotopic (exact) mass is 482 g/mol. The fourth-order valence-corrected chi connectivity index (χ4v) is 3.82. The average Bonchev–Trinajstić information content (AvgIpc) is 3.54. The summed E-state index contributed by atoms with van der Waals surface area (Å²) >= 11 is 0. The third-order valence-electron chi connectivity index (χ3n) is 5.54. The molecule has 1 aliphatic carbocycles. The number of alkyl carbamates (subject to hydrolysis) is 1. The Labute approximate surface area is 197 Å². The van der Waals surface area contributed by atoms with E-state index in [2.05, 4.69) is 10.2 Å². The zero-order valence-corrected chi connectivity index (χ0v) is 19.6. The van der Waals surface area contributed by atoms with Gasteiger partial charge in [-0.05, 0) is 31.7 Å². The molecular formula is C22H32N3O9+. The number of benzene rings is 1. The van der Waals surface area contributed by atoms with Crippen LogP contribution in [0.3, 0.4) is 0 Å². The van der Waals surface area contributed by atoms with Crippen molar-refractivity contribution in [2.24, 2.45) is 5.92 Å². The largest absolute Gasteiger partial charge is 0.475 e. The molecule has 2 amide bonds. The molecule has 12 heteroatoms. The van der Waals surface area contributed by atoms with Crippen LogP contribution in [0.25, 0.3) is 0 Å². The number of hydrogen-bond donors (Lipinski definition) is 2. The molecule has 0 saturated heterocycles. The molecule has 1 fully saturated rings. The standard InChI is InChI=1S/C22H31N3O9/c1-4-24(5-2)20(27)22(17-9-7-6-8-10-17)13-18(22)14-23-21(28)34-16(3)33-19(26)15-31-11-12-32-25(29)30/h6-10,16,18H,4-5,11-15H2,1-3H3,(H-,23,28,29,30)/p+1. The first kappa shape index (κ1) is 26.8. The van der Waals surface area contributed by atoms with Crippen LogP contribution in [0.15, 0.2) is 30.3 Å². The second kappa shape index (κ2) is 12.7. The van der Waals surface area contributed by atoms with Gasteiger partial charge in [0.15, 0.2) is 6.61 Å². The van der Waals surface area contributed by atoms with Crippen molar-refractivity contribution in [1.82, 2.24) is 10.2 Å². The number of esters is 1. The van der Waals surface area contributed by atoms with Crippen molar-refractivity contribution >= 4 is 18.0 Å². The molecule has 12 nitrogen and oxygen atoms in total. The van der Waals surface area contributed by atoms with E-state index >= 15 is 0 Å². The molecule has 0 aromatic heterocycles. The molecule has 1 saturated carbocycles. The van der Waals surface area contributed by atoms with Crippen molar-refractivity contribution in [3.05, 3.63) is 40.8 Å². The topological polar surface area (TPSA) is 144 Å². The van der Waals surface area contributed by atoms with Crippen molar-refractivity contribution < 1.29 is 43.7 Å². The molecular weight excluding hydrogens is 450 g/mol. The van der Waals surface area contributed by atoms with Crippen molar-refractivity contribution in [3.8, 4) is 0 Å². The number of rotatable bonds is 14. The Morgan fingerprint density at radius 1 is 1.18 bits per heavy atom. The highest BCUT2D eigenvalue weighted by atomic mass is 17.0. The number of hydrogen-bond acceptors (Lipinski definition) is 8. The second-order valence-electron chi connectivity index (χ2n) is 7.68. The number of carbonyl (C=O) groups is 3. The van der Waals surface area contributed by atoms with E-state index in [4.69, 9.17) is 19.4 Å². The normalized spacial score (nSPS) is 19.4. The first-order chi connectivity index (χ1) is 16.2. The summed E-state index contributed by atoms with van der Waals surface area (Å²) in [5.74, 6) is -0.843. The Balaban J connectivity index is 1.81. The van der Waals surface area contributed by atoms with Crippen molar-refractivity contribution in [1.29, 1.82) is 0 Å². The van der Waals surface area contributed by atoms with Gasteiger partial charge < -0.3 is 24.4 Å². The molecule has 3 atom stereocenters. The van der Waals surface area contributed by atoms with Gasteiger partial charge in [0.1, 0.15) is 11.5 Å². The maximum absolute atomic E-state index is 13.3. The van der Waals surface area contributed by atoms with Crippen LogP contribution in [-0.4, -0.2) is 78.9 Å². The Morgan fingerprint density at radius 2 is 1.85 bits per heavy atom. The van der Waals surface area contributed by atoms with Crippen LogP contribution in [0.4, 0.5) is 4.79 Å². The SMILES string of the molecule is CCN(CC)C(=O)C1(c2ccccc2)CC1CNC(=O)OC(C)OC(=O)COCCO[N+](=O)O. The van der Waals surface area contributed by atoms with Crippen LogP contribution in [0.2, 0.25) is 0 Å². The van der Waals surface area contributed by atoms with E-state index in [9.17, 15) is 19.3 Å². The minimum absolute atomic E-state index is 0.0403. The fraction of sp³-hybridized carbons (Fsp3) is 0.591. The summed E-state index contributed by atoms with van der Waals surface area (Å²) in [7, 11) is 0. The molecule has 34 heavy (non-hydrogen) atoms. The van der Waals surface area contributed by atoms with Gasteiger partial charge in [0.2, 0.25) is 12.2 Å². The van der Waals surface area contributed by atoms with Gasteiger partial charge in [0.25, 0.3) is 0 Å². The number of carbonyl (C=O) groups excluding carboxylic acids is 3. The highest BCUT2D eigenvalue weighted by Crippen LogP contribution is 2.55. The lowest BCUT2D eigenvalue weighted by Crippen LogP contribution is -2.41. The summed E-state index contributed by atoms with van der Waals surface area (Å²) < 4.78 is 14.8. The predicted molar refractivity (Wildman–Crippen MR) is 116 cm³/mol. The van der Waals surface area contributed by atoms with E-state index in [-0.39, 0.29) is 31.6 Å². The third-order valence-corrected chi connectivity index (χ3v) is 5.54. The summed E-state index contributed by atoms with van der Waals surface area (Å²) in [5.41, 5.74) is 0.237. The lowest BCUT2D eigenvalue weighted by molar-refractivity contribution is -0.975. The van der Waals surface area contributed by atoms with Crippen LogP contribution in [-0.2, 0) is 34.1 Å². The van der Waals surface area contributed by atoms with Crippen LogP contribution < -0.4 is 5.32 Å². The average molecular weight is 483 g/mol. The maximum atomic E-state index is 13.3. The van der Waals surface area contributed by atoms with E-state index in [1.54, 1.807) is 4.90 Å². The molecule has 1 aliphatic rings. The molecule has 3 unspecified atom stereocenters. The van der Waals surface area contributed by atoms with Crippen LogP contribution in [0.5, 0.6) is 0 Å². The molecule has 2 rings (SSSR count). The number of amides is 2.